The molecule has 0 aliphatic carbocycles. The maximum atomic E-state index is 5.24. The standard InChI is InChI=1S/C22H28N8S/c1-27-13-15(11-23-27)18-5-3-8-29(18)21-20-17(7-10-31-20)25-22(26-21)30-9-4-6-19(30)16-12-24-28(2)14-16/h11-14,18-19H,3-10H2,1-2H3/t18-,19+/m0/s1. The molecule has 0 bridgehead atoms. The van der Waals surface area contributed by atoms with Crippen LogP contribution in [0.4, 0.5) is 11.8 Å². The molecule has 2 fully saturated rings. The van der Waals surface area contributed by atoms with Gasteiger partial charge in [-0.3, -0.25) is 9.36 Å². The van der Waals surface area contributed by atoms with Crippen molar-refractivity contribution in [1.29, 1.82) is 0 Å². The first-order valence-electron chi connectivity index (χ1n) is 11.2. The Kier molecular flexibility index (Phi) is 4.66. The number of hydrogen-bond donors (Lipinski definition) is 0. The molecule has 0 unspecified atom stereocenters. The van der Waals surface area contributed by atoms with E-state index in [9.17, 15) is 0 Å². The highest BCUT2D eigenvalue weighted by Crippen LogP contribution is 2.45. The largest absolute Gasteiger partial charge is 0.348 e. The van der Waals surface area contributed by atoms with Crippen LogP contribution in [-0.4, -0.2) is 48.4 Å². The molecule has 162 valence electrons. The van der Waals surface area contributed by atoms with Crippen LogP contribution in [0, 0.1) is 0 Å². The molecule has 6 rings (SSSR count). The van der Waals surface area contributed by atoms with E-state index >= 15 is 0 Å². The lowest BCUT2D eigenvalue weighted by Gasteiger charge is -2.29. The molecule has 2 saturated heterocycles. The van der Waals surface area contributed by atoms with Crippen molar-refractivity contribution in [3.05, 3.63) is 41.6 Å². The fraction of sp³-hybridized carbons (Fsp3) is 0.545. The third-order valence-electron chi connectivity index (χ3n) is 6.75. The molecular formula is C22H28N8S. The fourth-order valence-electron chi connectivity index (χ4n) is 5.31. The first-order chi connectivity index (χ1) is 15.2. The van der Waals surface area contributed by atoms with Gasteiger partial charge in [-0.15, -0.1) is 11.8 Å². The second-order valence-electron chi connectivity index (χ2n) is 8.82. The van der Waals surface area contributed by atoms with E-state index in [1.54, 1.807) is 0 Å². The predicted octanol–water partition coefficient (Wildman–Crippen LogP) is 3.27. The minimum absolute atomic E-state index is 0.307. The van der Waals surface area contributed by atoms with Crippen LogP contribution in [0.15, 0.2) is 29.7 Å². The summed E-state index contributed by atoms with van der Waals surface area (Å²) in [7, 11) is 3.97. The first-order valence-corrected chi connectivity index (χ1v) is 12.2. The van der Waals surface area contributed by atoms with Crippen molar-refractivity contribution < 1.29 is 0 Å². The van der Waals surface area contributed by atoms with E-state index in [-0.39, 0.29) is 0 Å². The summed E-state index contributed by atoms with van der Waals surface area (Å²) in [6.45, 7) is 2.03. The Morgan fingerprint density at radius 3 is 2.16 bits per heavy atom. The molecule has 6 heterocycles. The zero-order chi connectivity index (χ0) is 20.9. The Morgan fingerprint density at radius 2 is 1.52 bits per heavy atom. The van der Waals surface area contributed by atoms with Crippen molar-refractivity contribution in [2.24, 2.45) is 14.1 Å². The molecular weight excluding hydrogens is 408 g/mol. The maximum Gasteiger partial charge on any atom is 0.228 e. The summed E-state index contributed by atoms with van der Waals surface area (Å²) in [5, 5.41) is 8.83. The number of rotatable bonds is 4. The maximum absolute atomic E-state index is 5.24. The van der Waals surface area contributed by atoms with Gasteiger partial charge in [-0.1, -0.05) is 0 Å². The van der Waals surface area contributed by atoms with Gasteiger partial charge < -0.3 is 9.80 Å². The molecule has 3 aliphatic heterocycles. The van der Waals surface area contributed by atoms with E-state index in [0.29, 0.717) is 12.1 Å². The van der Waals surface area contributed by atoms with Gasteiger partial charge in [0.25, 0.3) is 0 Å². The topological polar surface area (TPSA) is 67.9 Å². The van der Waals surface area contributed by atoms with Crippen LogP contribution in [-0.2, 0) is 20.5 Å². The van der Waals surface area contributed by atoms with Crippen LogP contribution in [0.25, 0.3) is 0 Å². The Hall–Kier alpha value is -2.55. The van der Waals surface area contributed by atoms with Crippen molar-refractivity contribution in [2.75, 3.05) is 28.6 Å². The molecule has 0 amide bonds. The van der Waals surface area contributed by atoms with Crippen LogP contribution in [0.1, 0.15) is 54.6 Å². The molecule has 0 saturated carbocycles. The lowest BCUT2D eigenvalue weighted by atomic mass is 10.1. The van der Waals surface area contributed by atoms with Gasteiger partial charge in [-0.2, -0.15) is 15.2 Å². The number of aromatic nitrogens is 6. The summed E-state index contributed by atoms with van der Waals surface area (Å²) in [4.78, 5) is 16.5. The highest BCUT2D eigenvalue weighted by atomic mass is 32.2. The van der Waals surface area contributed by atoms with Gasteiger partial charge in [-0.05, 0) is 25.7 Å². The highest BCUT2D eigenvalue weighted by Gasteiger charge is 2.35. The summed E-state index contributed by atoms with van der Waals surface area (Å²) in [6.07, 6.45) is 13.9. The Balaban J connectivity index is 1.39. The van der Waals surface area contributed by atoms with Gasteiger partial charge in [0, 0.05) is 62.9 Å². The van der Waals surface area contributed by atoms with E-state index < -0.39 is 0 Å². The first kappa shape index (κ1) is 19.2. The molecule has 0 N–H and O–H groups in total. The number of aryl methyl sites for hydroxylation is 3. The van der Waals surface area contributed by atoms with E-state index in [2.05, 4.69) is 32.4 Å². The predicted molar refractivity (Wildman–Crippen MR) is 122 cm³/mol. The quantitative estimate of drug-likeness (QED) is 0.622. The minimum Gasteiger partial charge on any atom is -0.348 e. The number of fused-ring (bicyclic) bond motifs is 1. The zero-order valence-electron chi connectivity index (χ0n) is 18.1. The molecule has 3 aromatic heterocycles. The lowest BCUT2D eigenvalue weighted by molar-refractivity contribution is 0.678. The summed E-state index contributed by atoms with van der Waals surface area (Å²) in [5.74, 6) is 3.11. The average Bonchev–Trinajstić information content (AvgIpc) is 3.56. The molecule has 3 aromatic rings. The van der Waals surface area contributed by atoms with E-state index in [1.807, 2.05) is 47.6 Å². The van der Waals surface area contributed by atoms with Gasteiger partial charge in [0.2, 0.25) is 5.95 Å². The molecule has 0 aromatic carbocycles. The second-order valence-corrected chi connectivity index (χ2v) is 9.92. The van der Waals surface area contributed by atoms with Crippen LogP contribution >= 0.6 is 11.8 Å². The van der Waals surface area contributed by atoms with E-state index in [4.69, 9.17) is 9.97 Å². The highest BCUT2D eigenvalue weighted by molar-refractivity contribution is 7.99. The van der Waals surface area contributed by atoms with Crippen molar-refractivity contribution in [3.8, 4) is 0 Å². The van der Waals surface area contributed by atoms with E-state index in [1.165, 1.54) is 28.1 Å². The molecule has 8 nitrogen and oxygen atoms in total. The third kappa shape index (κ3) is 3.30. The molecule has 2 atom stereocenters. The van der Waals surface area contributed by atoms with Crippen LogP contribution in [0.2, 0.25) is 0 Å². The average molecular weight is 437 g/mol. The summed E-state index contributed by atoms with van der Waals surface area (Å²) >= 11 is 1.92. The normalized spacial score (nSPS) is 23.2. The second kappa shape index (κ2) is 7.55. The van der Waals surface area contributed by atoms with Gasteiger partial charge in [-0.25, -0.2) is 4.98 Å². The van der Waals surface area contributed by atoms with Gasteiger partial charge in [0.05, 0.1) is 35.1 Å². The van der Waals surface area contributed by atoms with Crippen LogP contribution in [0.3, 0.4) is 0 Å². The number of anilines is 2. The monoisotopic (exact) mass is 436 g/mol. The summed E-state index contributed by atoms with van der Waals surface area (Å²) < 4.78 is 3.79. The van der Waals surface area contributed by atoms with Crippen molar-refractivity contribution in [3.63, 3.8) is 0 Å². The number of hydrogen-bond acceptors (Lipinski definition) is 7. The van der Waals surface area contributed by atoms with Crippen molar-refractivity contribution >= 4 is 23.5 Å². The molecule has 3 aliphatic rings. The third-order valence-corrected chi connectivity index (χ3v) is 7.86. The van der Waals surface area contributed by atoms with Crippen LogP contribution < -0.4 is 9.80 Å². The summed E-state index contributed by atoms with van der Waals surface area (Å²) in [5.41, 5.74) is 3.76. The van der Waals surface area contributed by atoms with Gasteiger partial charge in [0.1, 0.15) is 5.82 Å². The molecule has 31 heavy (non-hydrogen) atoms. The molecule has 9 heteroatoms. The van der Waals surface area contributed by atoms with Crippen LogP contribution in [0.5, 0.6) is 0 Å². The Labute approximate surface area is 186 Å². The van der Waals surface area contributed by atoms with Crippen molar-refractivity contribution in [1.82, 2.24) is 29.5 Å². The SMILES string of the molecule is Cn1cc([C@H]2CCCN2c2nc3c(c(N4CCC[C@H]4c4cnn(C)c4)n2)SCC3)cn1. The number of thioether (sulfide) groups is 1. The summed E-state index contributed by atoms with van der Waals surface area (Å²) in [6, 6.07) is 0.649. The van der Waals surface area contributed by atoms with E-state index in [0.717, 1.165) is 56.3 Å². The minimum atomic E-state index is 0.307. The van der Waals surface area contributed by atoms with Gasteiger partial charge >= 0.3 is 0 Å². The smallest absolute Gasteiger partial charge is 0.228 e. The van der Waals surface area contributed by atoms with Gasteiger partial charge in [0.15, 0.2) is 0 Å². The fourth-order valence-corrected chi connectivity index (χ4v) is 6.41. The zero-order valence-corrected chi connectivity index (χ0v) is 18.9. The molecule has 0 spiro atoms. The Bertz CT molecular complexity index is 1100. The Morgan fingerprint density at radius 1 is 0.871 bits per heavy atom. The van der Waals surface area contributed by atoms with Crippen molar-refractivity contribution in [2.45, 2.75) is 49.1 Å². The lowest BCUT2D eigenvalue weighted by Crippen LogP contribution is -2.28. The molecule has 0 radical (unpaired) electrons. The number of nitrogens with zero attached hydrogens (tertiary/aromatic N) is 8.